The number of thioether (sulfide) groups is 1. The number of hydrogen-bond acceptors (Lipinski definition) is 7. The average molecular weight is 374 g/mol. The molecule has 0 bridgehead atoms. The molecule has 0 fully saturated rings. The lowest BCUT2D eigenvalue weighted by molar-refractivity contribution is -0.485. The molecule has 0 radical (unpaired) electrons. The fraction of sp³-hybridized carbons (Fsp3) is 0.529. The first-order valence-corrected chi connectivity index (χ1v) is 9.98. The van der Waals surface area contributed by atoms with Crippen LogP contribution in [-0.4, -0.2) is 77.0 Å². The lowest BCUT2D eigenvalue weighted by Crippen LogP contribution is -2.36. The van der Waals surface area contributed by atoms with E-state index in [0.29, 0.717) is 0 Å². The molecule has 138 valence electrons. The number of rotatable bonds is 5. The van der Waals surface area contributed by atoms with Gasteiger partial charge in [0.15, 0.2) is 18.3 Å². The highest BCUT2D eigenvalue weighted by Crippen LogP contribution is 2.30. The SMILES string of the molecule is Cn1cnc2c1C(=CC1=[N+](C)CCS1)N=CN2CCCNC1=NCCN1. The molecule has 3 aliphatic rings. The molecule has 8 nitrogen and oxygen atoms in total. The Morgan fingerprint density at radius 2 is 2.38 bits per heavy atom. The van der Waals surface area contributed by atoms with Gasteiger partial charge in [-0.05, 0) is 6.42 Å². The van der Waals surface area contributed by atoms with Crippen LogP contribution >= 0.6 is 11.8 Å². The van der Waals surface area contributed by atoms with Crippen molar-refractivity contribution in [3.05, 3.63) is 18.1 Å². The second-order valence-corrected chi connectivity index (χ2v) is 7.66. The largest absolute Gasteiger partial charge is 0.356 e. The van der Waals surface area contributed by atoms with Gasteiger partial charge in [0.25, 0.3) is 0 Å². The second-order valence-electron chi connectivity index (χ2n) is 6.54. The van der Waals surface area contributed by atoms with Gasteiger partial charge in [0.2, 0.25) is 5.04 Å². The van der Waals surface area contributed by atoms with Gasteiger partial charge in [-0.3, -0.25) is 4.99 Å². The van der Waals surface area contributed by atoms with E-state index in [9.17, 15) is 0 Å². The number of aromatic nitrogens is 2. The smallest absolute Gasteiger partial charge is 0.237 e. The Labute approximate surface area is 157 Å². The van der Waals surface area contributed by atoms with Gasteiger partial charge in [-0.1, -0.05) is 11.8 Å². The highest BCUT2D eigenvalue weighted by Gasteiger charge is 2.25. The number of nitrogens with one attached hydrogen (secondary N) is 2. The first kappa shape index (κ1) is 17.1. The second kappa shape index (κ2) is 7.53. The first-order valence-electron chi connectivity index (χ1n) is 8.99. The molecule has 0 saturated carbocycles. The van der Waals surface area contributed by atoms with Gasteiger partial charge in [-0.15, -0.1) is 0 Å². The molecule has 2 N–H and O–H groups in total. The van der Waals surface area contributed by atoms with Crippen molar-refractivity contribution in [3.8, 4) is 0 Å². The molecule has 3 aliphatic heterocycles. The number of anilines is 1. The molecular weight excluding hydrogens is 348 g/mol. The van der Waals surface area contributed by atoms with Crippen LogP contribution in [0, 0.1) is 0 Å². The van der Waals surface area contributed by atoms with Crippen LogP contribution in [0.25, 0.3) is 5.70 Å². The Morgan fingerprint density at radius 1 is 1.46 bits per heavy atom. The molecule has 0 aliphatic carbocycles. The molecule has 4 heterocycles. The standard InChI is InChI=1S/C17H25N8S/c1-23-8-9-26-14(23)10-13-15-16(22-11-24(15)2)25(12-21-13)7-3-4-18-17-19-5-6-20-17/h10-12H,3-9H2,1-2H3,(H2,18,19,20)/q+1. The van der Waals surface area contributed by atoms with Crippen molar-refractivity contribution in [1.29, 1.82) is 0 Å². The third-order valence-corrected chi connectivity index (χ3v) is 5.74. The van der Waals surface area contributed by atoms with E-state index in [0.717, 1.165) is 68.1 Å². The van der Waals surface area contributed by atoms with E-state index >= 15 is 0 Å². The van der Waals surface area contributed by atoms with Gasteiger partial charge in [0.05, 0.1) is 30.7 Å². The highest BCUT2D eigenvalue weighted by molar-refractivity contribution is 8.14. The monoisotopic (exact) mass is 373 g/mol. The number of nitrogens with zero attached hydrogens (tertiary/aromatic N) is 6. The third kappa shape index (κ3) is 3.48. The van der Waals surface area contributed by atoms with E-state index in [1.165, 1.54) is 5.04 Å². The van der Waals surface area contributed by atoms with Crippen molar-refractivity contribution in [2.45, 2.75) is 6.42 Å². The zero-order valence-electron chi connectivity index (χ0n) is 15.3. The molecule has 26 heavy (non-hydrogen) atoms. The van der Waals surface area contributed by atoms with Gasteiger partial charge in [0.1, 0.15) is 12.7 Å². The van der Waals surface area contributed by atoms with Gasteiger partial charge >= 0.3 is 0 Å². The number of fused-ring (bicyclic) bond motifs is 1. The van der Waals surface area contributed by atoms with Crippen molar-refractivity contribution in [2.75, 3.05) is 50.4 Å². The van der Waals surface area contributed by atoms with Gasteiger partial charge < -0.3 is 20.1 Å². The van der Waals surface area contributed by atoms with E-state index in [1.807, 2.05) is 31.5 Å². The number of guanidine groups is 1. The maximum absolute atomic E-state index is 4.72. The quantitative estimate of drug-likeness (QED) is 0.575. The summed E-state index contributed by atoms with van der Waals surface area (Å²) in [5.41, 5.74) is 2.06. The first-order chi connectivity index (χ1) is 12.7. The predicted octanol–water partition coefficient (Wildman–Crippen LogP) is 0.336. The molecule has 0 aromatic carbocycles. The summed E-state index contributed by atoms with van der Waals surface area (Å²) in [5, 5.41) is 7.83. The Kier molecular flexibility index (Phi) is 4.96. The normalized spacial score (nSPS) is 20.6. The molecule has 0 atom stereocenters. The molecule has 0 amide bonds. The predicted molar refractivity (Wildman–Crippen MR) is 108 cm³/mol. The summed E-state index contributed by atoms with van der Waals surface area (Å²) in [7, 11) is 4.16. The lowest BCUT2D eigenvalue weighted by atomic mass is 10.2. The Balaban J connectivity index is 1.45. The van der Waals surface area contributed by atoms with E-state index in [2.05, 4.69) is 47.8 Å². The van der Waals surface area contributed by atoms with Crippen LogP contribution in [0.3, 0.4) is 0 Å². The summed E-state index contributed by atoms with van der Waals surface area (Å²) in [6.45, 7) is 4.62. The maximum atomic E-state index is 4.72. The Morgan fingerprint density at radius 3 is 3.15 bits per heavy atom. The van der Waals surface area contributed by atoms with Crippen molar-refractivity contribution >= 4 is 40.6 Å². The van der Waals surface area contributed by atoms with E-state index in [4.69, 9.17) is 4.99 Å². The van der Waals surface area contributed by atoms with Crippen molar-refractivity contribution in [2.24, 2.45) is 17.0 Å². The van der Waals surface area contributed by atoms with Crippen molar-refractivity contribution in [3.63, 3.8) is 0 Å². The van der Waals surface area contributed by atoms with Crippen LogP contribution in [0.4, 0.5) is 5.82 Å². The molecule has 4 rings (SSSR count). The van der Waals surface area contributed by atoms with E-state index in [1.54, 1.807) is 0 Å². The zero-order chi connectivity index (χ0) is 17.9. The lowest BCUT2D eigenvalue weighted by Gasteiger charge is -2.23. The zero-order valence-corrected chi connectivity index (χ0v) is 16.1. The molecule has 0 unspecified atom stereocenters. The minimum Gasteiger partial charge on any atom is -0.356 e. The summed E-state index contributed by atoms with van der Waals surface area (Å²) in [6.07, 6.45) is 6.94. The number of hydrogen-bond donors (Lipinski definition) is 2. The minimum absolute atomic E-state index is 0.861. The highest BCUT2D eigenvalue weighted by atomic mass is 32.2. The van der Waals surface area contributed by atoms with Gasteiger partial charge in [0, 0.05) is 32.8 Å². The fourth-order valence-electron chi connectivity index (χ4n) is 3.19. The fourth-order valence-corrected chi connectivity index (χ4v) is 4.27. The van der Waals surface area contributed by atoms with Gasteiger partial charge in [-0.25, -0.2) is 14.6 Å². The van der Waals surface area contributed by atoms with Gasteiger partial charge in [-0.2, -0.15) is 0 Å². The van der Waals surface area contributed by atoms with Crippen LogP contribution in [0.15, 0.2) is 22.4 Å². The van der Waals surface area contributed by atoms with Crippen LogP contribution in [-0.2, 0) is 7.05 Å². The van der Waals surface area contributed by atoms with Crippen LogP contribution in [0.1, 0.15) is 12.1 Å². The van der Waals surface area contributed by atoms with E-state index < -0.39 is 0 Å². The van der Waals surface area contributed by atoms with Crippen LogP contribution in [0.2, 0.25) is 0 Å². The topological polar surface area (TPSA) is 72.8 Å². The molecule has 9 heteroatoms. The minimum atomic E-state index is 0.861. The van der Waals surface area contributed by atoms with Crippen molar-refractivity contribution < 1.29 is 4.58 Å². The number of imidazole rings is 1. The number of aryl methyl sites for hydroxylation is 1. The molecule has 1 aromatic rings. The Hall–Kier alpha value is -2.29. The summed E-state index contributed by atoms with van der Waals surface area (Å²) in [5.74, 6) is 3.03. The van der Waals surface area contributed by atoms with E-state index in [-0.39, 0.29) is 0 Å². The van der Waals surface area contributed by atoms with Crippen LogP contribution < -0.4 is 15.5 Å². The molecule has 0 spiro atoms. The van der Waals surface area contributed by atoms with Crippen molar-refractivity contribution in [1.82, 2.24) is 20.2 Å². The average Bonchev–Trinajstić information content (AvgIpc) is 3.37. The summed E-state index contributed by atoms with van der Waals surface area (Å²) in [4.78, 5) is 15.8. The summed E-state index contributed by atoms with van der Waals surface area (Å²) < 4.78 is 4.33. The van der Waals surface area contributed by atoms with Crippen LogP contribution in [0.5, 0.6) is 0 Å². The Bertz CT molecular complexity index is 804. The number of aliphatic imine (C=N–C) groups is 2. The summed E-state index contributed by atoms with van der Waals surface area (Å²) >= 11 is 1.88. The molecule has 1 aromatic heterocycles. The third-order valence-electron chi connectivity index (χ3n) is 4.62. The summed E-state index contributed by atoms with van der Waals surface area (Å²) in [6, 6.07) is 0. The molecule has 0 saturated heterocycles. The maximum Gasteiger partial charge on any atom is 0.237 e. The molecular formula is C17H25N8S+.